The van der Waals surface area contributed by atoms with Gasteiger partial charge in [-0.25, -0.2) is 8.78 Å². The van der Waals surface area contributed by atoms with E-state index in [1.807, 2.05) is 95.0 Å². The van der Waals surface area contributed by atoms with Crippen LogP contribution < -0.4 is 48.4 Å². The molecule has 6 heterocycles. The first-order chi connectivity index (χ1) is 32.2. The highest BCUT2D eigenvalue weighted by Crippen LogP contribution is 2.48. The number of fused-ring (bicyclic) bond motifs is 2. The van der Waals surface area contributed by atoms with Gasteiger partial charge in [-0.1, -0.05) is 104 Å². The minimum absolute atomic E-state index is 0.119. The van der Waals surface area contributed by atoms with Crippen molar-refractivity contribution in [2.24, 2.45) is 0 Å². The summed E-state index contributed by atoms with van der Waals surface area (Å²) in [7, 11) is 3.56. The topological polar surface area (TPSA) is 58.2 Å². The van der Waals surface area contributed by atoms with Gasteiger partial charge in [0.2, 0.25) is 0 Å². The van der Waals surface area contributed by atoms with Crippen LogP contribution in [0.4, 0.5) is 33.3 Å². The second-order valence-electron chi connectivity index (χ2n) is 14.1. The summed E-state index contributed by atoms with van der Waals surface area (Å²) in [5, 5.41) is 7.39. The molecular weight excluding hydrogens is 980 g/mol. The SMILES string of the molecule is CC.CC.CCn1c(=O)/c(=C2\Sc3c(ccc(F)c3F)N2C)s/c1=C\c1scc[n+]1Cc1ccccc1.CCn1c(=O)/c(=C2\Sc3cc(C(F)(F)F)ccc3N2C)s/c1=C\c1scc[n+]1CC. The van der Waals surface area contributed by atoms with Gasteiger partial charge in [0.15, 0.2) is 30.6 Å². The second kappa shape index (κ2) is 22.5. The summed E-state index contributed by atoms with van der Waals surface area (Å²) < 4.78 is 77.8. The lowest BCUT2D eigenvalue weighted by atomic mass is 10.2. The van der Waals surface area contributed by atoms with Crippen molar-refractivity contribution in [2.45, 2.75) is 90.6 Å². The quantitative estimate of drug-likeness (QED) is 0.117. The van der Waals surface area contributed by atoms with Gasteiger partial charge in [-0.05, 0) is 51.1 Å². The molecule has 8 nitrogen and oxygen atoms in total. The number of halogens is 5. The third-order valence-corrected chi connectivity index (χ3v) is 17.0. The van der Waals surface area contributed by atoms with Crippen molar-refractivity contribution in [1.29, 1.82) is 0 Å². The molecule has 9 rings (SSSR count). The van der Waals surface area contributed by atoms with Gasteiger partial charge in [0.1, 0.15) is 35.0 Å². The number of thioether (sulfide) groups is 2. The Kier molecular flexibility index (Phi) is 17.4. The third kappa shape index (κ3) is 10.8. The van der Waals surface area contributed by atoms with E-state index in [9.17, 15) is 31.5 Å². The highest BCUT2D eigenvalue weighted by molar-refractivity contribution is 8.09. The van der Waals surface area contributed by atoms with Crippen molar-refractivity contribution in [3.63, 3.8) is 0 Å². The smallest absolute Gasteiger partial charge is 0.337 e. The lowest BCUT2D eigenvalue weighted by Crippen LogP contribution is -2.36. The van der Waals surface area contributed by atoms with Crippen molar-refractivity contribution in [3.8, 4) is 0 Å². The molecule has 2 aliphatic heterocycles. The summed E-state index contributed by atoms with van der Waals surface area (Å²) in [5.41, 5.74) is 1.51. The van der Waals surface area contributed by atoms with Gasteiger partial charge in [0, 0.05) is 37.6 Å². The lowest BCUT2D eigenvalue weighted by molar-refractivity contribution is -0.690. The molecule has 0 aliphatic carbocycles. The van der Waals surface area contributed by atoms with E-state index in [-0.39, 0.29) is 16.0 Å². The molecule has 0 fully saturated rings. The first kappa shape index (κ1) is 51.6. The number of alkyl halides is 3. The third-order valence-electron chi connectivity index (χ3n) is 10.4. The van der Waals surface area contributed by atoms with Crippen molar-refractivity contribution < 1.29 is 31.1 Å². The van der Waals surface area contributed by atoms with Crippen molar-refractivity contribution in [2.75, 3.05) is 23.9 Å². The second-order valence-corrected chi connectivity index (χ2v) is 20.1. The van der Waals surface area contributed by atoms with Gasteiger partial charge in [-0.3, -0.25) is 18.7 Å². The molecule has 0 N–H and O–H groups in total. The first-order valence-corrected chi connectivity index (χ1v) is 26.7. The molecule has 354 valence electrons. The molecule has 2 aliphatic rings. The molecule has 0 unspecified atom stereocenters. The number of hydrogen-bond acceptors (Lipinski definition) is 10. The van der Waals surface area contributed by atoms with Crippen molar-refractivity contribution >= 4 is 102 Å². The fourth-order valence-electron chi connectivity index (χ4n) is 7.07. The molecule has 7 aromatic rings. The minimum Gasteiger partial charge on any atom is -0.337 e. The molecule has 0 saturated heterocycles. The van der Waals surface area contributed by atoms with E-state index >= 15 is 0 Å². The fourth-order valence-corrected chi connectivity index (χ4v) is 13.8. The van der Waals surface area contributed by atoms with E-state index in [2.05, 4.69) is 28.2 Å². The van der Waals surface area contributed by atoms with Gasteiger partial charge in [-0.2, -0.15) is 22.3 Å². The van der Waals surface area contributed by atoms with E-state index in [1.54, 1.807) is 61.8 Å². The molecule has 67 heavy (non-hydrogen) atoms. The van der Waals surface area contributed by atoms with Crippen LogP contribution in [0, 0.1) is 11.6 Å². The first-order valence-electron chi connectivity index (χ1n) is 21.6. The predicted molar refractivity (Wildman–Crippen MR) is 270 cm³/mol. The number of thiazole rings is 4. The Bertz CT molecular complexity index is 3240. The number of aromatic nitrogens is 4. The monoisotopic (exact) mass is 1030 g/mol. The van der Waals surface area contributed by atoms with Crippen LogP contribution in [0.25, 0.3) is 22.2 Å². The van der Waals surface area contributed by atoms with Crippen molar-refractivity contribution in [3.05, 3.63) is 156 Å². The van der Waals surface area contributed by atoms with Gasteiger partial charge in [0.25, 0.3) is 21.1 Å². The maximum absolute atomic E-state index is 14.4. The molecule has 0 amide bonds. The van der Waals surface area contributed by atoms with Crippen LogP contribution in [-0.4, -0.2) is 23.2 Å². The van der Waals surface area contributed by atoms with E-state index in [1.165, 1.54) is 46.1 Å². The van der Waals surface area contributed by atoms with Crippen LogP contribution in [0.3, 0.4) is 0 Å². The van der Waals surface area contributed by atoms with Gasteiger partial charge < -0.3 is 9.80 Å². The van der Waals surface area contributed by atoms with E-state index in [0.29, 0.717) is 48.5 Å². The Morgan fingerprint density at radius 3 is 1.75 bits per heavy atom. The number of anilines is 2. The molecule has 0 bridgehead atoms. The maximum atomic E-state index is 14.4. The molecule has 0 atom stereocenters. The van der Waals surface area contributed by atoms with Crippen LogP contribution in [-0.2, 0) is 32.4 Å². The number of aryl methyl sites for hydroxylation is 1. The Morgan fingerprint density at radius 2 is 1.19 bits per heavy atom. The molecular formula is C48H51F5N6O2S6+2. The lowest BCUT2D eigenvalue weighted by Gasteiger charge is -2.13. The molecule has 0 radical (unpaired) electrons. The zero-order valence-corrected chi connectivity index (χ0v) is 43.3. The normalized spacial score (nSPS) is 15.1. The average molecular weight is 1030 g/mol. The molecule has 0 spiro atoms. The summed E-state index contributed by atoms with van der Waals surface area (Å²) in [6.07, 6.45) is 3.67. The highest BCUT2D eigenvalue weighted by Gasteiger charge is 2.34. The Labute approximate surface area is 410 Å². The van der Waals surface area contributed by atoms with E-state index in [0.717, 1.165) is 62.4 Å². The Hall–Kier alpha value is -4.79. The van der Waals surface area contributed by atoms with Crippen LogP contribution >= 0.6 is 68.9 Å². The molecule has 0 saturated carbocycles. The standard InChI is InChI=1S/C24H20F2N3OS3.C20H19F3N3OS3.2C2H6/c1-3-29-19(13-18-28(11-12-31-18)14-15-7-5-4-6-8-15)32-22(23(29)30)24-27(2)17-10-9-16(25)20(26)21(17)33-24;1-4-25-8-9-28-15(25)11-16-26(5-2)18(27)17(30-16)19-24(3)13-7-6-12(20(21,22)23)10-14(13)29-19;2*1-2/h4-13H,3,14H2,1-2H3;6-11H,4-5H2,1-3H3;2*1-2H3/q2*+1;;/b24-22+;19-17+;;. The number of hydrogen-bond donors (Lipinski definition) is 0. The summed E-state index contributed by atoms with van der Waals surface area (Å²) in [4.78, 5) is 30.7. The van der Waals surface area contributed by atoms with E-state index in [4.69, 9.17) is 0 Å². The van der Waals surface area contributed by atoms with Crippen LogP contribution in [0.1, 0.15) is 69.6 Å². The largest absolute Gasteiger partial charge is 0.416 e. The predicted octanol–water partition coefficient (Wildman–Crippen LogP) is 9.25. The summed E-state index contributed by atoms with van der Waals surface area (Å²) in [6, 6.07) is 16.6. The summed E-state index contributed by atoms with van der Waals surface area (Å²) in [5.74, 6) is -1.76. The molecule has 4 aromatic heterocycles. The maximum Gasteiger partial charge on any atom is 0.416 e. The molecule has 19 heteroatoms. The Morgan fingerprint density at radius 1 is 0.672 bits per heavy atom. The zero-order valence-electron chi connectivity index (χ0n) is 38.4. The van der Waals surface area contributed by atoms with Gasteiger partial charge >= 0.3 is 6.18 Å². The zero-order chi connectivity index (χ0) is 48.7. The van der Waals surface area contributed by atoms with Crippen LogP contribution in [0.2, 0.25) is 0 Å². The van der Waals surface area contributed by atoms with Crippen molar-refractivity contribution in [1.82, 2.24) is 9.13 Å². The Balaban J connectivity index is 0.000000207. The summed E-state index contributed by atoms with van der Waals surface area (Å²) in [6.45, 7) is 16.5. The van der Waals surface area contributed by atoms with Gasteiger partial charge in [0.05, 0.1) is 44.7 Å². The van der Waals surface area contributed by atoms with Crippen LogP contribution in [0.15, 0.2) is 103 Å². The summed E-state index contributed by atoms with van der Waals surface area (Å²) >= 11 is 8.28. The van der Waals surface area contributed by atoms with Gasteiger partial charge in [-0.15, -0.1) is 22.7 Å². The average Bonchev–Trinajstić information content (AvgIpc) is 4.20. The highest BCUT2D eigenvalue weighted by atomic mass is 32.2. The number of rotatable bonds is 7. The number of nitrogens with zero attached hydrogens (tertiary/aromatic N) is 6. The molecule has 3 aromatic carbocycles. The minimum atomic E-state index is -4.40. The fraction of sp³-hybridized carbons (Fsp3) is 0.292. The van der Waals surface area contributed by atoms with Crippen LogP contribution in [0.5, 0.6) is 0 Å². The van der Waals surface area contributed by atoms with E-state index < -0.39 is 23.4 Å². The number of benzene rings is 3.